The van der Waals surface area contributed by atoms with Crippen LogP contribution in [0.1, 0.15) is 10.4 Å². The number of carbonyl (C=O) groups is 1. The molecule has 0 saturated carbocycles. The lowest BCUT2D eigenvalue weighted by atomic mass is 10.2. The van der Waals surface area contributed by atoms with Crippen molar-refractivity contribution < 1.29 is 9.18 Å². The van der Waals surface area contributed by atoms with Gasteiger partial charge in [0.15, 0.2) is 0 Å². The molecule has 1 aromatic carbocycles. The van der Waals surface area contributed by atoms with Gasteiger partial charge in [-0.25, -0.2) is 4.39 Å². The zero-order valence-corrected chi connectivity index (χ0v) is 5.67. The van der Waals surface area contributed by atoms with Crippen molar-refractivity contribution in [2.45, 2.75) is 0 Å². The molecule has 0 aliphatic carbocycles. The zero-order valence-electron chi connectivity index (χ0n) is 5.67. The lowest BCUT2D eigenvalue weighted by molar-refractivity contribution is 0.0996. The molecule has 58 valence electrons. The smallest absolute Gasteiger partial charge is 0.251 e. The fraction of sp³-hybridized carbons (Fsp3) is 0. The molecule has 0 atom stereocenters. The molecule has 0 aliphatic rings. The summed E-state index contributed by atoms with van der Waals surface area (Å²) in [5, 5.41) is 0. The molecule has 1 aromatic rings. The van der Waals surface area contributed by atoms with Crippen molar-refractivity contribution in [2.75, 3.05) is 5.73 Å². The summed E-state index contributed by atoms with van der Waals surface area (Å²) in [5.41, 5.74) is 10.2. The first-order valence-electron chi connectivity index (χ1n) is 2.96. The van der Waals surface area contributed by atoms with E-state index in [0.717, 1.165) is 6.07 Å². The van der Waals surface area contributed by atoms with E-state index in [2.05, 4.69) is 0 Å². The predicted octanol–water partition coefficient (Wildman–Crippen LogP) is 0.507. The number of nitrogens with two attached hydrogens (primary N) is 2. The molecule has 0 spiro atoms. The van der Waals surface area contributed by atoms with Crippen molar-refractivity contribution in [3.63, 3.8) is 0 Å². The number of halogens is 1. The Balaban J connectivity index is 3.20. The highest BCUT2D eigenvalue weighted by molar-refractivity contribution is 5.93. The number of anilines is 1. The number of amides is 1. The molecule has 3 nitrogen and oxygen atoms in total. The third-order valence-electron chi connectivity index (χ3n) is 1.26. The molecular formula is C7H7FN2O. The van der Waals surface area contributed by atoms with Crippen molar-refractivity contribution in [1.29, 1.82) is 0 Å². The Kier molecular flexibility index (Phi) is 1.76. The van der Waals surface area contributed by atoms with E-state index >= 15 is 0 Å². The number of carbonyl (C=O) groups excluding carboxylic acids is 1. The Morgan fingerprint density at radius 1 is 1.45 bits per heavy atom. The minimum atomic E-state index is -0.789. The summed E-state index contributed by atoms with van der Waals surface area (Å²) in [4.78, 5) is 10.5. The van der Waals surface area contributed by atoms with Crippen LogP contribution < -0.4 is 11.5 Å². The molecular weight excluding hydrogens is 147 g/mol. The topological polar surface area (TPSA) is 69.1 Å². The van der Waals surface area contributed by atoms with Gasteiger partial charge >= 0.3 is 0 Å². The van der Waals surface area contributed by atoms with Crippen molar-refractivity contribution in [2.24, 2.45) is 5.73 Å². The second-order valence-corrected chi connectivity index (χ2v) is 2.10. The Morgan fingerprint density at radius 2 is 2.09 bits per heavy atom. The molecule has 0 unspecified atom stereocenters. The van der Waals surface area contributed by atoms with Crippen molar-refractivity contribution >= 4 is 11.6 Å². The third-order valence-corrected chi connectivity index (χ3v) is 1.26. The first kappa shape index (κ1) is 7.53. The first-order chi connectivity index (χ1) is 5.11. The minimum absolute atomic E-state index is 0.140. The maximum absolute atomic E-state index is 12.7. The largest absolute Gasteiger partial charge is 0.399 e. The number of benzene rings is 1. The van der Waals surface area contributed by atoms with Crippen LogP contribution in [0.5, 0.6) is 0 Å². The van der Waals surface area contributed by atoms with Gasteiger partial charge in [0, 0.05) is 5.69 Å². The van der Waals surface area contributed by atoms with Crippen LogP contribution >= 0.6 is 0 Å². The maximum Gasteiger partial charge on any atom is 0.251 e. The standard InChI is InChI=1S/C7H7FN2O/c8-6-3-4(9)1-2-5(6)7(10)11/h1-3H,9H2,(H2,10,11). The molecule has 4 N–H and O–H groups in total. The summed E-state index contributed by atoms with van der Waals surface area (Å²) in [7, 11) is 0. The number of hydrogen-bond donors (Lipinski definition) is 2. The van der Waals surface area contributed by atoms with Gasteiger partial charge in [0.1, 0.15) is 5.82 Å². The highest BCUT2D eigenvalue weighted by Gasteiger charge is 2.06. The second kappa shape index (κ2) is 2.57. The van der Waals surface area contributed by atoms with E-state index in [1.165, 1.54) is 12.1 Å². The van der Waals surface area contributed by atoms with E-state index in [1.54, 1.807) is 0 Å². The quantitative estimate of drug-likeness (QED) is 0.578. The molecule has 0 fully saturated rings. The molecule has 1 rings (SSSR count). The van der Waals surface area contributed by atoms with Gasteiger partial charge < -0.3 is 11.5 Å². The summed E-state index contributed by atoms with van der Waals surface area (Å²) < 4.78 is 12.7. The van der Waals surface area contributed by atoms with E-state index in [4.69, 9.17) is 11.5 Å². The normalized spacial score (nSPS) is 9.55. The van der Waals surface area contributed by atoms with Gasteiger partial charge in [-0.2, -0.15) is 0 Å². The molecule has 0 aliphatic heterocycles. The van der Waals surface area contributed by atoms with Gasteiger partial charge in [0.25, 0.3) is 5.91 Å². The van der Waals surface area contributed by atoms with Gasteiger partial charge in [0.2, 0.25) is 0 Å². The summed E-state index contributed by atoms with van der Waals surface area (Å²) in [6.07, 6.45) is 0. The molecule has 11 heavy (non-hydrogen) atoms. The van der Waals surface area contributed by atoms with Crippen LogP contribution in [0.25, 0.3) is 0 Å². The Bertz CT molecular complexity index is 298. The molecule has 0 heterocycles. The van der Waals surface area contributed by atoms with Crippen molar-refractivity contribution in [3.8, 4) is 0 Å². The number of nitrogen functional groups attached to an aromatic ring is 1. The molecule has 0 radical (unpaired) electrons. The Morgan fingerprint density at radius 3 is 2.55 bits per heavy atom. The molecule has 0 bridgehead atoms. The lowest BCUT2D eigenvalue weighted by Crippen LogP contribution is -2.13. The van der Waals surface area contributed by atoms with Gasteiger partial charge in [-0.1, -0.05) is 0 Å². The molecule has 1 amide bonds. The van der Waals surface area contributed by atoms with Crippen molar-refractivity contribution in [1.82, 2.24) is 0 Å². The van der Waals surface area contributed by atoms with Crippen molar-refractivity contribution in [3.05, 3.63) is 29.6 Å². The summed E-state index contributed by atoms with van der Waals surface area (Å²) >= 11 is 0. The van der Waals surface area contributed by atoms with Crippen LogP contribution in [0.2, 0.25) is 0 Å². The van der Waals surface area contributed by atoms with Crippen LogP contribution in [-0.2, 0) is 0 Å². The van der Waals surface area contributed by atoms with Gasteiger partial charge in [-0.3, -0.25) is 4.79 Å². The van der Waals surface area contributed by atoms with Crippen LogP contribution in [0.3, 0.4) is 0 Å². The minimum Gasteiger partial charge on any atom is -0.399 e. The Hall–Kier alpha value is -1.58. The average molecular weight is 154 g/mol. The highest BCUT2D eigenvalue weighted by atomic mass is 19.1. The number of hydrogen-bond acceptors (Lipinski definition) is 2. The van der Waals surface area contributed by atoms with E-state index in [0.29, 0.717) is 0 Å². The van der Waals surface area contributed by atoms with Crippen LogP contribution in [0, 0.1) is 5.82 Å². The predicted molar refractivity (Wildman–Crippen MR) is 39.3 cm³/mol. The van der Waals surface area contributed by atoms with E-state index < -0.39 is 11.7 Å². The fourth-order valence-electron chi connectivity index (χ4n) is 0.731. The summed E-state index contributed by atoms with van der Waals surface area (Å²) in [5.74, 6) is -1.47. The molecule has 0 aromatic heterocycles. The monoisotopic (exact) mass is 154 g/mol. The SMILES string of the molecule is NC(=O)c1ccc(N)cc1F. The van der Waals surface area contributed by atoms with E-state index in [1.807, 2.05) is 0 Å². The molecule has 0 saturated heterocycles. The van der Waals surface area contributed by atoms with Crippen LogP contribution in [-0.4, -0.2) is 5.91 Å². The highest BCUT2D eigenvalue weighted by Crippen LogP contribution is 2.10. The van der Waals surface area contributed by atoms with Gasteiger partial charge in [0.05, 0.1) is 5.56 Å². The van der Waals surface area contributed by atoms with Gasteiger partial charge in [-0.05, 0) is 18.2 Å². The second-order valence-electron chi connectivity index (χ2n) is 2.10. The number of rotatable bonds is 1. The third kappa shape index (κ3) is 1.46. The first-order valence-corrected chi connectivity index (χ1v) is 2.96. The van der Waals surface area contributed by atoms with Crippen LogP contribution in [0.15, 0.2) is 18.2 Å². The number of primary amides is 1. The van der Waals surface area contributed by atoms with E-state index in [9.17, 15) is 9.18 Å². The molecule has 4 heteroatoms. The summed E-state index contributed by atoms with van der Waals surface area (Å²) in [6, 6.07) is 3.73. The zero-order chi connectivity index (χ0) is 8.43. The Labute approximate surface area is 62.8 Å². The summed E-state index contributed by atoms with van der Waals surface area (Å²) in [6.45, 7) is 0. The lowest BCUT2D eigenvalue weighted by Gasteiger charge is -1.97. The van der Waals surface area contributed by atoms with Gasteiger partial charge in [-0.15, -0.1) is 0 Å². The fourth-order valence-corrected chi connectivity index (χ4v) is 0.731. The van der Waals surface area contributed by atoms with E-state index in [-0.39, 0.29) is 11.3 Å². The van der Waals surface area contributed by atoms with Crippen LogP contribution in [0.4, 0.5) is 10.1 Å². The average Bonchev–Trinajstić information content (AvgIpc) is 1.85. The maximum atomic E-state index is 12.7.